The first-order valence-corrected chi connectivity index (χ1v) is 8.89. The molecule has 24 heavy (non-hydrogen) atoms. The molecule has 0 bridgehead atoms. The first-order valence-electron chi connectivity index (χ1n) is 8.01. The van der Waals surface area contributed by atoms with Crippen LogP contribution in [-0.2, 0) is 11.4 Å². The molecule has 1 aromatic carbocycles. The minimum Gasteiger partial charge on any atom is -0.392 e. The second-order valence-corrected chi connectivity index (χ2v) is 6.86. The van der Waals surface area contributed by atoms with E-state index in [2.05, 4.69) is 5.32 Å². The first kappa shape index (κ1) is 16.7. The number of carbonyl (C=O) groups excluding carboxylic acids is 2. The van der Waals surface area contributed by atoms with Crippen molar-refractivity contribution in [2.45, 2.75) is 19.4 Å². The molecule has 0 spiro atoms. The number of aliphatic hydroxyl groups excluding tert-OH is 1. The largest absolute Gasteiger partial charge is 0.392 e. The molecule has 6 heteroatoms. The summed E-state index contributed by atoms with van der Waals surface area (Å²) in [5.41, 5.74) is 1.43. The molecular formula is C18H20N2O3S. The lowest BCUT2D eigenvalue weighted by molar-refractivity contribution is -0.121. The Morgan fingerprint density at radius 1 is 1.29 bits per heavy atom. The van der Waals surface area contributed by atoms with Gasteiger partial charge in [-0.15, -0.1) is 11.3 Å². The maximum atomic E-state index is 12.5. The van der Waals surface area contributed by atoms with E-state index in [9.17, 15) is 14.7 Å². The minimum absolute atomic E-state index is 0.00442. The Labute approximate surface area is 144 Å². The second kappa shape index (κ2) is 7.59. The maximum absolute atomic E-state index is 12.5. The number of benzene rings is 1. The van der Waals surface area contributed by atoms with Crippen LogP contribution in [-0.4, -0.2) is 34.9 Å². The molecule has 0 aliphatic carbocycles. The fourth-order valence-corrected chi connectivity index (χ4v) is 3.61. The number of anilines is 1. The fraction of sp³-hybridized carbons (Fsp3) is 0.333. The van der Waals surface area contributed by atoms with Crippen molar-refractivity contribution in [1.29, 1.82) is 0 Å². The number of nitrogens with one attached hydrogen (secondary N) is 1. The summed E-state index contributed by atoms with van der Waals surface area (Å²) < 4.78 is 0. The third kappa shape index (κ3) is 3.83. The SMILES string of the molecule is O=C(Nc1cccc(CO)c1)C1CCCN(C(=O)c2cccs2)C1. The molecule has 0 saturated carbocycles. The van der Waals surface area contributed by atoms with Crippen LogP contribution < -0.4 is 5.32 Å². The standard InChI is InChI=1S/C18H20N2O3S/c21-12-13-4-1-6-15(10-13)19-17(22)14-5-2-8-20(11-14)18(23)16-7-3-9-24-16/h1,3-4,6-7,9-10,14,21H,2,5,8,11-12H2,(H,19,22). The van der Waals surface area contributed by atoms with Gasteiger partial charge in [0.05, 0.1) is 17.4 Å². The van der Waals surface area contributed by atoms with Crippen molar-refractivity contribution in [2.24, 2.45) is 5.92 Å². The Balaban J connectivity index is 1.63. The van der Waals surface area contributed by atoms with Gasteiger partial charge in [-0.1, -0.05) is 18.2 Å². The highest BCUT2D eigenvalue weighted by Crippen LogP contribution is 2.22. The van der Waals surface area contributed by atoms with Crippen LogP contribution in [0.4, 0.5) is 5.69 Å². The number of thiophene rings is 1. The van der Waals surface area contributed by atoms with Crippen LogP contribution in [0.3, 0.4) is 0 Å². The van der Waals surface area contributed by atoms with Crippen molar-refractivity contribution in [1.82, 2.24) is 4.90 Å². The predicted molar refractivity (Wildman–Crippen MR) is 93.9 cm³/mol. The van der Waals surface area contributed by atoms with Gasteiger partial charge >= 0.3 is 0 Å². The van der Waals surface area contributed by atoms with Gasteiger partial charge < -0.3 is 15.3 Å². The zero-order valence-electron chi connectivity index (χ0n) is 13.3. The van der Waals surface area contributed by atoms with Gasteiger partial charge in [-0.3, -0.25) is 9.59 Å². The quantitative estimate of drug-likeness (QED) is 0.896. The smallest absolute Gasteiger partial charge is 0.263 e. The summed E-state index contributed by atoms with van der Waals surface area (Å²) in [5.74, 6) is -0.279. The summed E-state index contributed by atoms with van der Waals surface area (Å²) in [6, 6.07) is 10.8. The molecule has 0 radical (unpaired) electrons. The molecular weight excluding hydrogens is 324 g/mol. The minimum atomic E-state index is -0.208. The number of carbonyl (C=O) groups is 2. The molecule has 126 valence electrons. The van der Waals surface area contributed by atoms with Crippen molar-refractivity contribution in [3.05, 3.63) is 52.2 Å². The number of nitrogens with zero attached hydrogens (tertiary/aromatic N) is 1. The van der Waals surface area contributed by atoms with Gasteiger partial charge in [0.1, 0.15) is 0 Å². The van der Waals surface area contributed by atoms with Crippen molar-refractivity contribution >= 4 is 28.8 Å². The Morgan fingerprint density at radius 3 is 2.92 bits per heavy atom. The summed E-state index contributed by atoms with van der Waals surface area (Å²) in [7, 11) is 0. The number of amides is 2. The Morgan fingerprint density at radius 2 is 2.17 bits per heavy atom. The van der Waals surface area contributed by atoms with Gasteiger partial charge in [-0.05, 0) is 42.0 Å². The Hall–Kier alpha value is -2.18. The van der Waals surface area contributed by atoms with Crippen LogP contribution >= 0.6 is 11.3 Å². The molecule has 5 nitrogen and oxygen atoms in total. The highest BCUT2D eigenvalue weighted by atomic mass is 32.1. The average molecular weight is 344 g/mol. The number of hydrogen-bond donors (Lipinski definition) is 2. The topological polar surface area (TPSA) is 69.6 Å². The molecule has 1 atom stereocenters. The van der Waals surface area contributed by atoms with E-state index in [0.29, 0.717) is 23.7 Å². The van der Waals surface area contributed by atoms with E-state index in [-0.39, 0.29) is 24.3 Å². The van der Waals surface area contributed by atoms with Crippen molar-refractivity contribution in [3.8, 4) is 0 Å². The van der Waals surface area contributed by atoms with Crippen LogP contribution in [0.1, 0.15) is 28.1 Å². The molecule has 2 heterocycles. The maximum Gasteiger partial charge on any atom is 0.263 e. The molecule has 2 N–H and O–H groups in total. The highest BCUT2D eigenvalue weighted by molar-refractivity contribution is 7.12. The van der Waals surface area contributed by atoms with Gasteiger partial charge in [0.25, 0.3) is 5.91 Å². The zero-order valence-corrected chi connectivity index (χ0v) is 14.1. The van der Waals surface area contributed by atoms with E-state index in [1.54, 1.807) is 29.2 Å². The van der Waals surface area contributed by atoms with E-state index in [0.717, 1.165) is 18.4 Å². The van der Waals surface area contributed by atoms with Crippen LogP contribution in [0.5, 0.6) is 0 Å². The van der Waals surface area contributed by atoms with Crippen LogP contribution in [0.15, 0.2) is 41.8 Å². The van der Waals surface area contributed by atoms with Crippen LogP contribution in [0, 0.1) is 5.92 Å². The van der Waals surface area contributed by atoms with E-state index in [4.69, 9.17) is 0 Å². The number of aliphatic hydroxyl groups is 1. The third-order valence-electron chi connectivity index (χ3n) is 4.19. The van der Waals surface area contributed by atoms with E-state index in [1.165, 1.54) is 11.3 Å². The molecule has 1 aliphatic heterocycles. The van der Waals surface area contributed by atoms with E-state index < -0.39 is 0 Å². The van der Waals surface area contributed by atoms with Crippen LogP contribution in [0.25, 0.3) is 0 Å². The van der Waals surface area contributed by atoms with Crippen molar-refractivity contribution < 1.29 is 14.7 Å². The predicted octanol–water partition coefficient (Wildman–Crippen LogP) is 2.73. The monoisotopic (exact) mass is 344 g/mol. The average Bonchev–Trinajstić information content (AvgIpc) is 3.16. The third-order valence-corrected chi connectivity index (χ3v) is 5.05. The summed E-state index contributed by atoms with van der Waals surface area (Å²) in [6.07, 6.45) is 1.60. The summed E-state index contributed by atoms with van der Waals surface area (Å²) >= 11 is 1.43. The van der Waals surface area contributed by atoms with Gasteiger partial charge in [0.2, 0.25) is 5.91 Å². The van der Waals surface area contributed by atoms with Crippen molar-refractivity contribution in [3.63, 3.8) is 0 Å². The Kier molecular flexibility index (Phi) is 5.27. The molecule has 1 unspecified atom stereocenters. The van der Waals surface area contributed by atoms with Gasteiger partial charge in [0.15, 0.2) is 0 Å². The summed E-state index contributed by atoms with van der Waals surface area (Å²) in [6.45, 7) is 1.08. The molecule has 3 rings (SSSR count). The highest BCUT2D eigenvalue weighted by Gasteiger charge is 2.29. The van der Waals surface area contributed by atoms with Crippen LogP contribution in [0.2, 0.25) is 0 Å². The lowest BCUT2D eigenvalue weighted by Crippen LogP contribution is -2.43. The fourth-order valence-electron chi connectivity index (χ4n) is 2.92. The Bertz CT molecular complexity index is 715. The van der Waals surface area contributed by atoms with E-state index in [1.807, 2.05) is 17.5 Å². The normalized spacial score (nSPS) is 17.5. The number of piperidine rings is 1. The second-order valence-electron chi connectivity index (χ2n) is 5.92. The molecule has 2 amide bonds. The first-order chi connectivity index (χ1) is 11.7. The zero-order chi connectivity index (χ0) is 16.9. The van der Waals surface area contributed by atoms with Gasteiger partial charge in [-0.2, -0.15) is 0 Å². The molecule has 1 fully saturated rings. The number of hydrogen-bond acceptors (Lipinski definition) is 4. The molecule has 1 saturated heterocycles. The lowest BCUT2D eigenvalue weighted by atomic mass is 9.96. The summed E-state index contributed by atoms with van der Waals surface area (Å²) in [5, 5.41) is 14.0. The van der Waals surface area contributed by atoms with Gasteiger partial charge in [0, 0.05) is 18.8 Å². The number of likely N-dealkylation sites (tertiary alicyclic amines) is 1. The van der Waals surface area contributed by atoms with Gasteiger partial charge in [-0.25, -0.2) is 0 Å². The van der Waals surface area contributed by atoms with Crippen molar-refractivity contribution in [2.75, 3.05) is 18.4 Å². The molecule has 1 aromatic heterocycles. The lowest BCUT2D eigenvalue weighted by Gasteiger charge is -2.31. The molecule has 1 aliphatic rings. The number of rotatable bonds is 4. The summed E-state index contributed by atoms with van der Waals surface area (Å²) in [4.78, 5) is 27.4. The van der Waals surface area contributed by atoms with E-state index >= 15 is 0 Å². The molecule has 2 aromatic rings.